The summed E-state index contributed by atoms with van der Waals surface area (Å²) < 4.78 is 0. The molecule has 1 aromatic heterocycles. The van der Waals surface area contributed by atoms with Gasteiger partial charge in [0.05, 0.1) is 0 Å². The van der Waals surface area contributed by atoms with Gasteiger partial charge in [0.25, 0.3) is 0 Å². The fraction of sp³-hybridized carbons (Fsp3) is 0.714. The second-order valence-corrected chi connectivity index (χ2v) is 4.14. The number of hydrogen-bond acceptors (Lipinski definition) is 5. The van der Waals surface area contributed by atoms with Crippen LogP contribution in [0.3, 0.4) is 0 Å². The Balaban J connectivity index is 2.10. The minimum atomic E-state index is 0.498. The van der Waals surface area contributed by atoms with Crippen LogP contribution in [0.4, 0.5) is 5.13 Å². The molecular weight excluding hydrogens is 172 g/mol. The van der Waals surface area contributed by atoms with E-state index in [4.69, 9.17) is 5.73 Å². The van der Waals surface area contributed by atoms with Gasteiger partial charge < -0.3 is 10.6 Å². The number of hydrogen-bond donors (Lipinski definition) is 1. The summed E-state index contributed by atoms with van der Waals surface area (Å²) in [5.41, 5.74) is 5.58. The van der Waals surface area contributed by atoms with Crippen LogP contribution in [-0.4, -0.2) is 29.3 Å². The number of aromatic nitrogens is 2. The lowest BCUT2D eigenvalue weighted by atomic mass is 10.1. The van der Waals surface area contributed by atoms with Crippen molar-refractivity contribution in [3.05, 3.63) is 5.01 Å². The van der Waals surface area contributed by atoms with Gasteiger partial charge in [0, 0.05) is 19.1 Å². The Kier molecular flexibility index (Phi) is 1.98. The van der Waals surface area contributed by atoms with E-state index in [9.17, 15) is 0 Å². The van der Waals surface area contributed by atoms with Crippen molar-refractivity contribution in [2.75, 3.05) is 18.0 Å². The minimum Gasteiger partial charge on any atom is -0.342 e. The second kappa shape index (κ2) is 2.99. The van der Waals surface area contributed by atoms with Crippen LogP contribution in [0.2, 0.25) is 0 Å². The molecule has 0 aromatic carbocycles. The summed E-state index contributed by atoms with van der Waals surface area (Å²) in [5.74, 6) is 0. The predicted molar refractivity (Wildman–Crippen MR) is 49.5 cm³/mol. The van der Waals surface area contributed by atoms with E-state index in [1.54, 1.807) is 11.3 Å². The Morgan fingerprint density at radius 1 is 1.67 bits per heavy atom. The van der Waals surface area contributed by atoms with Crippen LogP contribution in [0, 0.1) is 6.92 Å². The van der Waals surface area contributed by atoms with Crippen molar-refractivity contribution < 1.29 is 0 Å². The van der Waals surface area contributed by atoms with Crippen LogP contribution >= 0.6 is 11.3 Å². The van der Waals surface area contributed by atoms with Gasteiger partial charge in [-0.3, -0.25) is 0 Å². The van der Waals surface area contributed by atoms with Gasteiger partial charge in [-0.05, 0) is 13.3 Å². The van der Waals surface area contributed by atoms with Crippen molar-refractivity contribution >= 4 is 16.5 Å². The molecule has 2 heterocycles. The number of nitrogens with zero attached hydrogens (tertiary/aromatic N) is 3. The summed E-state index contributed by atoms with van der Waals surface area (Å²) in [4.78, 5) is 2.23. The molecule has 1 saturated heterocycles. The summed E-state index contributed by atoms with van der Waals surface area (Å²) in [7, 11) is 0. The fourth-order valence-electron chi connectivity index (χ4n) is 1.34. The van der Waals surface area contributed by atoms with Crippen molar-refractivity contribution in [3.63, 3.8) is 0 Å². The third-order valence-electron chi connectivity index (χ3n) is 2.18. The quantitative estimate of drug-likeness (QED) is 0.722. The Morgan fingerprint density at radius 2 is 2.50 bits per heavy atom. The van der Waals surface area contributed by atoms with Crippen molar-refractivity contribution in [1.82, 2.24) is 10.2 Å². The van der Waals surface area contributed by atoms with Crippen molar-refractivity contribution in [1.29, 1.82) is 0 Å². The molecule has 66 valence electrons. The Bertz CT molecular complexity index is 270. The maximum Gasteiger partial charge on any atom is 0.208 e. The molecule has 0 aliphatic carbocycles. The summed E-state index contributed by atoms with van der Waals surface area (Å²) in [6.45, 7) is 3.77. The largest absolute Gasteiger partial charge is 0.342 e. The molecule has 2 N–H and O–H groups in total. The predicted octanol–water partition coefficient (Wildman–Crippen LogP) is 0.384. The average Bonchev–Trinajstić information content (AvgIpc) is 2.35. The van der Waals surface area contributed by atoms with Gasteiger partial charge in [0.2, 0.25) is 5.13 Å². The highest BCUT2D eigenvalue weighted by atomic mass is 32.1. The zero-order valence-corrected chi connectivity index (χ0v) is 7.84. The van der Waals surface area contributed by atoms with E-state index >= 15 is 0 Å². The summed E-state index contributed by atoms with van der Waals surface area (Å²) in [6, 6.07) is 0.498. The Morgan fingerprint density at radius 3 is 2.92 bits per heavy atom. The Labute approximate surface area is 75.4 Å². The molecule has 1 unspecified atom stereocenters. The average molecular weight is 184 g/mol. The summed E-state index contributed by atoms with van der Waals surface area (Å²) in [5, 5.41) is 10.1. The Hall–Kier alpha value is -0.680. The maximum atomic E-state index is 5.58. The monoisotopic (exact) mass is 184 g/mol. The molecule has 1 aromatic rings. The molecule has 0 bridgehead atoms. The highest BCUT2D eigenvalue weighted by molar-refractivity contribution is 7.15. The lowest BCUT2D eigenvalue weighted by Crippen LogP contribution is -2.51. The number of anilines is 1. The van der Waals surface area contributed by atoms with Crippen LogP contribution < -0.4 is 10.6 Å². The van der Waals surface area contributed by atoms with Crippen LogP contribution in [0.5, 0.6) is 0 Å². The van der Waals surface area contributed by atoms with Gasteiger partial charge in [-0.2, -0.15) is 0 Å². The van der Waals surface area contributed by atoms with Gasteiger partial charge >= 0.3 is 0 Å². The topological polar surface area (TPSA) is 55.0 Å². The van der Waals surface area contributed by atoms with Crippen molar-refractivity contribution in [3.8, 4) is 0 Å². The molecule has 1 fully saturated rings. The first-order chi connectivity index (χ1) is 5.81. The van der Waals surface area contributed by atoms with Gasteiger partial charge in [0.15, 0.2) is 0 Å². The molecule has 5 heteroatoms. The molecule has 2 rings (SSSR count). The molecule has 1 aliphatic heterocycles. The zero-order chi connectivity index (χ0) is 8.55. The smallest absolute Gasteiger partial charge is 0.208 e. The third kappa shape index (κ3) is 1.19. The number of rotatable bonds is 2. The van der Waals surface area contributed by atoms with Crippen LogP contribution in [0.15, 0.2) is 0 Å². The molecule has 0 saturated carbocycles. The minimum absolute atomic E-state index is 0.498. The molecule has 1 aliphatic rings. The highest BCUT2D eigenvalue weighted by Crippen LogP contribution is 2.28. The van der Waals surface area contributed by atoms with Crippen molar-refractivity contribution in [2.24, 2.45) is 5.73 Å². The van der Waals surface area contributed by atoms with E-state index in [0.29, 0.717) is 6.04 Å². The van der Waals surface area contributed by atoms with Gasteiger partial charge in [-0.25, -0.2) is 0 Å². The fourth-order valence-corrected chi connectivity index (χ4v) is 2.13. The first-order valence-corrected chi connectivity index (χ1v) is 4.89. The molecule has 0 radical (unpaired) electrons. The zero-order valence-electron chi connectivity index (χ0n) is 7.03. The molecule has 0 amide bonds. The number of aryl methyl sites for hydroxylation is 1. The van der Waals surface area contributed by atoms with Crippen LogP contribution in [0.25, 0.3) is 0 Å². The van der Waals surface area contributed by atoms with Crippen molar-refractivity contribution in [2.45, 2.75) is 19.4 Å². The normalized spacial score (nSPS) is 22.5. The number of nitrogens with two attached hydrogens (primary N) is 1. The summed E-state index contributed by atoms with van der Waals surface area (Å²) in [6.07, 6.45) is 1.19. The lowest BCUT2D eigenvalue weighted by molar-refractivity contribution is 0.454. The van der Waals surface area contributed by atoms with Gasteiger partial charge in [0.1, 0.15) is 5.01 Å². The molecule has 4 nitrogen and oxygen atoms in total. The maximum absolute atomic E-state index is 5.58. The molecule has 12 heavy (non-hydrogen) atoms. The van der Waals surface area contributed by atoms with E-state index in [0.717, 1.165) is 23.2 Å². The first-order valence-electron chi connectivity index (χ1n) is 4.08. The second-order valence-electron chi connectivity index (χ2n) is 2.98. The van der Waals surface area contributed by atoms with E-state index < -0.39 is 0 Å². The van der Waals surface area contributed by atoms with E-state index in [2.05, 4.69) is 15.1 Å². The van der Waals surface area contributed by atoms with Crippen LogP contribution in [0.1, 0.15) is 11.4 Å². The molecular formula is C7H12N4S. The molecule has 1 atom stereocenters. The van der Waals surface area contributed by atoms with Gasteiger partial charge in [-0.1, -0.05) is 11.3 Å². The van der Waals surface area contributed by atoms with Crippen LogP contribution in [-0.2, 0) is 0 Å². The standard InChI is InChI=1S/C7H12N4S/c1-5-9-10-7(12-5)11-3-2-6(11)4-8/h6H,2-4,8H2,1H3. The van der Waals surface area contributed by atoms with E-state index in [-0.39, 0.29) is 0 Å². The summed E-state index contributed by atoms with van der Waals surface area (Å²) >= 11 is 1.64. The third-order valence-corrected chi connectivity index (χ3v) is 3.05. The van der Waals surface area contributed by atoms with Gasteiger partial charge in [-0.15, -0.1) is 10.2 Å². The highest BCUT2D eigenvalue weighted by Gasteiger charge is 2.28. The van der Waals surface area contributed by atoms with E-state index in [1.807, 2.05) is 6.92 Å². The molecule has 0 spiro atoms. The SMILES string of the molecule is Cc1nnc(N2CCC2CN)s1. The van der Waals surface area contributed by atoms with E-state index in [1.165, 1.54) is 6.42 Å². The lowest BCUT2D eigenvalue weighted by Gasteiger charge is -2.39. The first kappa shape index (κ1) is 7.94.